The summed E-state index contributed by atoms with van der Waals surface area (Å²) in [5.41, 5.74) is 1.70. The van der Waals surface area contributed by atoms with Gasteiger partial charge in [0.05, 0.1) is 5.41 Å². The smallest absolute Gasteiger partial charge is 0.235 e. The summed E-state index contributed by atoms with van der Waals surface area (Å²) in [6.45, 7) is 7.70. The van der Waals surface area contributed by atoms with Crippen molar-refractivity contribution in [3.05, 3.63) is 28.8 Å². The summed E-state index contributed by atoms with van der Waals surface area (Å²) in [4.78, 5) is 15.1. The van der Waals surface area contributed by atoms with Crippen LogP contribution in [0, 0.1) is 5.92 Å². The van der Waals surface area contributed by atoms with Gasteiger partial charge in [-0.25, -0.2) is 0 Å². The number of nitrogens with one attached hydrogen (secondary N) is 1. The topological polar surface area (TPSA) is 32.3 Å². The molecule has 1 saturated heterocycles. The van der Waals surface area contributed by atoms with Crippen LogP contribution in [0.5, 0.6) is 0 Å². The minimum absolute atomic E-state index is 0.159. The van der Waals surface area contributed by atoms with Gasteiger partial charge in [-0.15, -0.1) is 0 Å². The number of piperidine rings is 1. The first kappa shape index (κ1) is 15.8. The fourth-order valence-corrected chi connectivity index (χ4v) is 3.82. The van der Waals surface area contributed by atoms with Crippen LogP contribution in [0.1, 0.15) is 45.1 Å². The minimum atomic E-state index is -0.354. The summed E-state index contributed by atoms with van der Waals surface area (Å²) in [7, 11) is 0. The summed E-state index contributed by atoms with van der Waals surface area (Å²) in [6.07, 6.45) is 4.28. The molecule has 4 heteroatoms. The SMILES string of the molecule is CCC(C)CCN1CCC2(CC1)C(=O)Nc1ccc(Cl)cc12. The average molecular weight is 321 g/mol. The number of nitrogens with zero attached hydrogens (tertiary/aromatic N) is 1. The van der Waals surface area contributed by atoms with Gasteiger partial charge in [0.2, 0.25) is 5.91 Å². The molecule has 22 heavy (non-hydrogen) atoms. The van der Waals surface area contributed by atoms with Crippen LogP contribution in [-0.2, 0) is 10.2 Å². The van der Waals surface area contributed by atoms with Crippen molar-refractivity contribution in [2.75, 3.05) is 25.0 Å². The van der Waals surface area contributed by atoms with E-state index in [0.717, 1.165) is 49.6 Å². The van der Waals surface area contributed by atoms with Gasteiger partial charge in [-0.05, 0) is 68.6 Å². The number of hydrogen-bond donors (Lipinski definition) is 1. The van der Waals surface area contributed by atoms with E-state index in [2.05, 4.69) is 24.1 Å². The number of benzene rings is 1. The second kappa shape index (κ2) is 6.21. The third kappa shape index (κ3) is 2.77. The lowest BCUT2D eigenvalue weighted by atomic mass is 9.73. The van der Waals surface area contributed by atoms with E-state index >= 15 is 0 Å². The summed E-state index contributed by atoms with van der Waals surface area (Å²) < 4.78 is 0. The Morgan fingerprint density at radius 2 is 2.09 bits per heavy atom. The molecule has 0 radical (unpaired) electrons. The van der Waals surface area contributed by atoms with Crippen molar-refractivity contribution in [2.24, 2.45) is 5.92 Å². The Bertz CT molecular complexity index is 564. The van der Waals surface area contributed by atoms with E-state index in [1.54, 1.807) is 0 Å². The predicted molar refractivity (Wildman–Crippen MR) is 91.5 cm³/mol. The zero-order valence-corrected chi connectivity index (χ0v) is 14.2. The molecule has 3 rings (SSSR count). The monoisotopic (exact) mass is 320 g/mol. The van der Waals surface area contributed by atoms with Crippen molar-refractivity contribution in [1.29, 1.82) is 0 Å². The minimum Gasteiger partial charge on any atom is -0.325 e. The van der Waals surface area contributed by atoms with Gasteiger partial charge in [0.25, 0.3) is 0 Å². The van der Waals surface area contributed by atoms with Crippen molar-refractivity contribution in [1.82, 2.24) is 4.90 Å². The first-order valence-corrected chi connectivity index (χ1v) is 8.77. The predicted octanol–water partition coefficient (Wildman–Crippen LogP) is 4.06. The highest BCUT2D eigenvalue weighted by Crippen LogP contribution is 2.45. The molecule has 120 valence electrons. The maximum atomic E-state index is 12.6. The second-order valence-electron chi connectivity index (χ2n) is 6.87. The molecular formula is C18H25ClN2O. The van der Waals surface area contributed by atoms with E-state index in [1.165, 1.54) is 12.8 Å². The number of carbonyl (C=O) groups excluding carboxylic acids is 1. The van der Waals surface area contributed by atoms with E-state index in [0.29, 0.717) is 5.02 Å². The molecule has 3 nitrogen and oxygen atoms in total. The van der Waals surface area contributed by atoms with Crippen LogP contribution >= 0.6 is 11.6 Å². The summed E-state index contributed by atoms with van der Waals surface area (Å²) in [6, 6.07) is 5.75. The maximum absolute atomic E-state index is 12.6. The fourth-order valence-electron chi connectivity index (χ4n) is 3.65. The van der Waals surface area contributed by atoms with Gasteiger partial charge in [-0.1, -0.05) is 31.9 Å². The van der Waals surface area contributed by atoms with Crippen LogP contribution in [0.4, 0.5) is 5.69 Å². The molecule has 2 aliphatic heterocycles. The lowest BCUT2D eigenvalue weighted by molar-refractivity contribution is -0.122. The molecule has 0 bridgehead atoms. The molecule has 1 fully saturated rings. The largest absolute Gasteiger partial charge is 0.325 e. The number of halogens is 1. The fraction of sp³-hybridized carbons (Fsp3) is 0.611. The van der Waals surface area contributed by atoms with Gasteiger partial charge in [-0.2, -0.15) is 0 Å². The number of carbonyl (C=O) groups is 1. The van der Waals surface area contributed by atoms with Crippen molar-refractivity contribution in [2.45, 2.75) is 44.9 Å². The Labute approximate surface area is 138 Å². The van der Waals surface area contributed by atoms with Crippen LogP contribution < -0.4 is 5.32 Å². The lowest BCUT2D eigenvalue weighted by Crippen LogP contribution is -2.46. The molecule has 1 atom stereocenters. The maximum Gasteiger partial charge on any atom is 0.235 e. The molecule has 1 amide bonds. The van der Waals surface area contributed by atoms with E-state index in [1.807, 2.05) is 18.2 Å². The van der Waals surface area contributed by atoms with Gasteiger partial charge in [0.1, 0.15) is 0 Å². The first-order chi connectivity index (χ1) is 10.5. The van der Waals surface area contributed by atoms with E-state index in [4.69, 9.17) is 11.6 Å². The normalized spacial score (nSPS) is 21.7. The molecule has 1 N–H and O–H groups in total. The third-order valence-corrected chi connectivity index (χ3v) is 5.76. The Balaban J connectivity index is 1.70. The molecule has 0 aliphatic carbocycles. The highest BCUT2D eigenvalue weighted by Gasteiger charge is 2.48. The standard InChI is InChI=1S/C18H25ClN2O/c1-3-13(2)6-9-21-10-7-18(8-11-21)15-12-14(19)4-5-16(15)20-17(18)22/h4-5,12-13H,3,6-11H2,1-2H3,(H,20,22). The molecule has 1 unspecified atom stereocenters. The number of likely N-dealkylation sites (tertiary alicyclic amines) is 1. The number of anilines is 1. The molecule has 0 aromatic heterocycles. The Hall–Kier alpha value is -1.06. The van der Waals surface area contributed by atoms with E-state index in [9.17, 15) is 4.79 Å². The van der Waals surface area contributed by atoms with Crippen molar-refractivity contribution >= 4 is 23.2 Å². The van der Waals surface area contributed by atoms with Gasteiger partial charge in [0, 0.05) is 10.7 Å². The van der Waals surface area contributed by atoms with Crippen LogP contribution in [0.25, 0.3) is 0 Å². The van der Waals surface area contributed by atoms with Crippen molar-refractivity contribution in [3.8, 4) is 0 Å². The second-order valence-corrected chi connectivity index (χ2v) is 7.31. The molecular weight excluding hydrogens is 296 g/mol. The number of hydrogen-bond acceptors (Lipinski definition) is 2. The van der Waals surface area contributed by atoms with E-state index in [-0.39, 0.29) is 11.3 Å². The summed E-state index contributed by atoms with van der Waals surface area (Å²) >= 11 is 6.15. The van der Waals surface area contributed by atoms with Crippen LogP contribution in [-0.4, -0.2) is 30.4 Å². The lowest BCUT2D eigenvalue weighted by Gasteiger charge is -2.38. The van der Waals surface area contributed by atoms with Crippen LogP contribution in [0.3, 0.4) is 0 Å². The summed E-state index contributed by atoms with van der Waals surface area (Å²) in [5, 5.41) is 3.76. The zero-order valence-electron chi connectivity index (χ0n) is 13.5. The summed E-state index contributed by atoms with van der Waals surface area (Å²) in [5.74, 6) is 0.941. The van der Waals surface area contributed by atoms with Crippen LogP contribution in [0.2, 0.25) is 5.02 Å². The number of rotatable bonds is 4. The molecule has 0 saturated carbocycles. The average Bonchev–Trinajstić information content (AvgIpc) is 2.79. The Kier molecular flexibility index (Phi) is 4.47. The highest BCUT2D eigenvalue weighted by molar-refractivity contribution is 6.31. The van der Waals surface area contributed by atoms with E-state index < -0.39 is 0 Å². The Morgan fingerprint density at radius 3 is 2.77 bits per heavy atom. The first-order valence-electron chi connectivity index (χ1n) is 8.39. The number of amides is 1. The van der Waals surface area contributed by atoms with Crippen LogP contribution in [0.15, 0.2) is 18.2 Å². The van der Waals surface area contributed by atoms with Gasteiger partial charge < -0.3 is 10.2 Å². The molecule has 1 aromatic carbocycles. The highest BCUT2D eigenvalue weighted by atomic mass is 35.5. The van der Waals surface area contributed by atoms with Gasteiger partial charge in [-0.3, -0.25) is 4.79 Å². The zero-order chi connectivity index (χ0) is 15.7. The third-order valence-electron chi connectivity index (χ3n) is 5.52. The molecule has 2 aliphatic rings. The quantitative estimate of drug-likeness (QED) is 0.907. The van der Waals surface area contributed by atoms with Gasteiger partial charge in [0.15, 0.2) is 0 Å². The van der Waals surface area contributed by atoms with Gasteiger partial charge >= 0.3 is 0 Å². The number of fused-ring (bicyclic) bond motifs is 2. The van der Waals surface area contributed by atoms with Crippen molar-refractivity contribution < 1.29 is 4.79 Å². The Morgan fingerprint density at radius 1 is 1.36 bits per heavy atom. The van der Waals surface area contributed by atoms with Crippen molar-refractivity contribution in [3.63, 3.8) is 0 Å². The molecule has 1 aromatic rings. The molecule has 2 heterocycles. The molecule has 1 spiro atoms.